The van der Waals surface area contributed by atoms with Crippen LogP contribution in [0.2, 0.25) is 0 Å². The van der Waals surface area contributed by atoms with E-state index in [-0.39, 0.29) is 0 Å². The van der Waals surface area contributed by atoms with Crippen LogP contribution in [0.1, 0.15) is 19.3 Å². The van der Waals surface area contributed by atoms with Gasteiger partial charge in [-0.05, 0) is 44.2 Å². The highest BCUT2D eigenvalue weighted by atomic mass is 15.2. The number of rotatable bonds is 30. The zero-order valence-corrected chi connectivity index (χ0v) is 23.1. The van der Waals surface area contributed by atoms with Crippen molar-refractivity contribution in [3.63, 3.8) is 0 Å². The zero-order chi connectivity index (χ0) is 25.9. The lowest BCUT2D eigenvalue weighted by Crippen LogP contribution is -2.40. The fourth-order valence-corrected chi connectivity index (χ4v) is 4.37. The van der Waals surface area contributed by atoms with Crippen molar-refractivity contribution in [3.05, 3.63) is 0 Å². The summed E-state index contributed by atoms with van der Waals surface area (Å²) in [5, 5.41) is 24.2. The quantitative estimate of drug-likeness (QED) is 0.0436. The Bertz CT molecular complexity index is 444. The second-order valence-corrected chi connectivity index (χ2v) is 9.79. The van der Waals surface area contributed by atoms with Crippen LogP contribution in [0, 0.1) is 11.8 Å². The van der Waals surface area contributed by atoms with Gasteiger partial charge < -0.3 is 54.4 Å². The Morgan fingerprint density at radius 3 is 1.19 bits per heavy atom. The van der Waals surface area contributed by atoms with Gasteiger partial charge in [0.25, 0.3) is 0 Å². The number of nitrogens with two attached hydrogens (primary N) is 3. The summed E-state index contributed by atoms with van der Waals surface area (Å²) < 4.78 is 0. The maximum absolute atomic E-state index is 5.75. The molecular weight excluding hydrogens is 454 g/mol. The molecule has 0 amide bonds. The third-order valence-electron chi connectivity index (χ3n) is 6.66. The number of nitrogens with zero attached hydrogens (tertiary/aromatic N) is 1. The lowest BCUT2D eigenvalue weighted by Gasteiger charge is -2.22. The standard InChI is InChI=1S/C25H61N11/c26-3-8-31-11-13-34-15-17-35-16-14-33-12-10-29-6-1-24-23-25(24)2-7-30-18-21-36(20-5-28)22-19-32-9-4-27/h24-25,29-35H,1-23,26-28H2. The lowest BCUT2D eigenvalue weighted by atomic mass is 10.2. The smallest absolute Gasteiger partial charge is 0.0108 e. The van der Waals surface area contributed by atoms with E-state index in [4.69, 9.17) is 17.2 Å². The van der Waals surface area contributed by atoms with Crippen molar-refractivity contribution in [1.29, 1.82) is 0 Å². The SMILES string of the molecule is NCCNCCNCCNCCNCCNCCC1CC1CCNCCN(CCN)CCNCCN. The molecule has 0 aromatic carbocycles. The number of hydrogen-bond donors (Lipinski definition) is 10. The topological polar surface area (TPSA) is 166 Å². The normalized spacial score (nSPS) is 17.3. The van der Waals surface area contributed by atoms with Crippen LogP contribution in [0.4, 0.5) is 0 Å². The molecule has 216 valence electrons. The molecule has 0 bridgehead atoms. The summed E-state index contributed by atoms with van der Waals surface area (Å²) in [5.74, 6) is 1.87. The summed E-state index contributed by atoms with van der Waals surface area (Å²) in [6.45, 7) is 19.4. The van der Waals surface area contributed by atoms with Gasteiger partial charge in [-0.25, -0.2) is 0 Å². The maximum atomic E-state index is 5.75. The molecule has 1 saturated carbocycles. The second-order valence-electron chi connectivity index (χ2n) is 9.79. The molecule has 11 nitrogen and oxygen atoms in total. The summed E-state index contributed by atoms with van der Waals surface area (Å²) in [4.78, 5) is 2.43. The molecule has 11 heteroatoms. The molecule has 36 heavy (non-hydrogen) atoms. The van der Waals surface area contributed by atoms with Crippen molar-refractivity contribution < 1.29 is 0 Å². The predicted octanol–water partition coefficient (Wildman–Crippen LogP) is -3.29. The van der Waals surface area contributed by atoms with Gasteiger partial charge in [0, 0.05) is 118 Å². The first-order valence-electron chi connectivity index (χ1n) is 14.6. The number of nitrogens with one attached hydrogen (secondary N) is 7. The monoisotopic (exact) mass is 516 g/mol. The van der Waals surface area contributed by atoms with Crippen LogP contribution < -0.4 is 54.4 Å². The highest BCUT2D eigenvalue weighted by Gasteiger charge is 2.35. The molecule has 0 aromatic rings. The third kappa shape index (κ3) is 21.6. The Labute approximate surface area is 221 Å². The molecular formula is C25H61N11. The minimum absolute atomic E-state index is 0.695. The first-order chi connectivity index (χ1) is 17.8. The highest BCUT2D eigenvalue weighted by molar-refractivity contribution is 4.87. The average Bonchev–Trinajstić information content (AvgIpc) is 3.64. The van der Waals surface area contributed by atoms with E-state index in [1.165, 1.54) is 19.3 Å². The summed E-state index contributed by atoms with van der Waals surface area (Å²) in [6, 6.07) is 0. The molecule has 0 aromatic heterocycles. The van der Waals surface area contributed by atoms with E-state index >= 15 is 0 Å². The molecule has 0 spiro atoms. The Hall–Kier alpha value is -0.440. The van der Waals surface area contributed by atoms with Crippen molar-refractivity contribution >= 4 is 0 Å². The molecule has 0 radical (unpaired) electrons. The van der Waals surface area contributed by atoms with Crippen LogP contribution in [-0.2, 0) is 0 Å². The van der Waals surface area contributed by atoms with E-state index < -0.39 is 0 Å². The minimum Gasteiger partial charge on any atom is -0.329 e. The number of hydrogen-bond acceptors (Lipinski definition) is 11. The van der Waals surface area contributed by atoms with Gasteiger partial charge in [0.05, 0.1) is 0 Å². The molecule has 2 atom stereocenters. The predicted molar refractivity (Wildman–Crippen MR) is 155 cm³/mol. The van der Waals surface area contributed by atoms with Crippen LogP contribution >= 0.6 is 0 Å². The Balaban J connectivity index is 1.78. The molecule has 1 fully saturated rings. The molecule has 13 N–H and O–H groups in total. The van der Waals surface area contributed by atoms with Gasteiger partial charge in [0.1, 0.15) is 0 Å². The fraction of sp³-hybridized carbons (Fsp3) is 1.00. The van der Waals surface area contributed by atoms with Gasteiger partial charge in [-0.15, -0.1) is 0 Å². The van der Waals surface area contributed by atoms with Crippen molar-refractivity contribution in [2.24, 2.45) is 29.0 Å². The van der Waals surface area contributed by atoms with Gasteiger partial charge >= 0.3 is 0 Å². The highest BCUT2D eigenvalue weighted by Crippen LogP contribution is 2.43. The van der Waals surface area contributed by atoms with Crippen LogP contribution in [0.3, 0.4) is 0 Å². The van der Waals surface area contributed by atoms with Crippen LogP contribution in [-0.4, -0.2) is 136 Å². The summed E-state index contributed by atoms with van der Waals surface area (Å²) in [6.07, 6.45) is 4.05. The first kappa shape index (κ1) is 33.6. The van der Waals surface area contributed by atoms with Crippen molar-refractivity contribution in [1.82, 2.24) is 42.1 Å². The van der Waals surface area contributed by atoms with Crippen LogP contribution in [0.5, 0.6) is 0 Å². The van der Waals surface area contributed by atoms with Crippen LogP contribution in [0.25, 0.3) is 0 Å². The minimum atomic E-state index is 0.695. The van der Waals surface area contributed by atoms with E-state index in [1.807, 2.05) is 0 Å². The van der Waals surface area contributed by atoms with Crippen molar-refractivity contribution in [2.75, 3.05) is 131 Å². The van der Waals surface area contributed by atoms with Crippen molar-refractivity contribution in [3.8, 4) is 0 Å². The van der Waals surface area contributed by atoms with Gasteiger partial charge in [-0.3, -0.25) is 4.90 Å². The molecule has 0 aliphatic heterocycles. The summed E-state index contributed by atoms with van der Waals surface area (Å²) in [7, 11) is 0. The molecule has 2 unspecified atom stereocenters. The average molecular weight is 516 g/mol. The van der Waals surface area contributed by atoms with Gasteiger partial charge in [0.15, 0.2) is 0 Å². The summed E-state index contributed by atoms with van der Waals surface area (Å²) >= 11 is 0. The molecule has 1 aliphatic carbocycles. The van der Waals surface area contributed by atoms with Gasteiger partial charge in [-0.2, -0.15) is 0 Å². The van der Waals surface area contributed by atoms with Gasteiger partial charge in [0.2, 0.25) is 0 Å². The molecule has 0 saturated heterocycles. The fourth-order valence-electron chi connectivity index (χ4n) is 4.37. The molecule has 1 rings (SSSR count). The van der Waals surface area contributed by atoms with E-state index in [2.05, 4.69) is 42.1 Å². The second kappa shape index (κ2) is 26.2. The third-order valence-corrected chi connectivity index (χ3v) is 6.66. The van der Waals surface area contributed by atoms with Gasteiger partial charge in [-0.1, -0.05) is 0 Å². The maximum Gasteiger partial charge on any atom is 0.0108 e. The van der Waals surface area contributed by atoms with E-state index in [0.717, 1.165) is 130 Å². The summed E-state index contributed by atoms with van der Waals surface area (Å²) in [5.41, 5.74) is 16.7. The Morgan fingerprint density at radius 1 is 0.417 bits per heavy atom. The van der Waals surface area contributed by atoms with E-state index in [9.17, 15) is 0 Å². The largest absolute Gasteiger partial charge is 0.329 e. The molecule has 1 aliphatic rings. The first-order valence-corrected chi connectivity index (χ1v) is 14.6. The van der Waals surface area contributed by atoms with E-state index in [0.29, 0.717) is 13.1 Å². The molecule has 0 heterocycles. The zero-order valence-electron chi connectivity index (χ0n) is 23.1. The lowest BCUT2D eigenvalue weighted by molar-refractivity contribution is 0.279. The Kier molecular flexibility index (Phi) is 24.4. The van der Waals surface area contributed by atoms with Crippen LogP contribution in [0.15, 0.2) is 0 Å². The Morgan fingerprint density at radius 2 is 0.778 bits per heavy atom. The van der Waals surface area contributed by atoms with E-state index in [1.54, 1.807) is 0 Å². The van der Waals surface area contributed by atoms with Crippen molar-refractivity contribution in [2.45, 2.75) is 19.3 Å².